The Balaban J connectivity index is 1.49. The lowest BCUT2D eigenvalue weighted by Gasteiger charge is -2.05. The van der Waals surface area contributed by atoms with Gasteiger partial charge in [0.05, 0.1) is 11.0 Å². The number of aromatic nitrogens is 3. The van der Waals surface area contributed by atoms with Crippen LogP contribution in [0.1, 0.15) is 17.9 Å². The predicted molar refractivity (Wildman–Crippen MR) is 82.6 cm³/mol. The summed E-state index contributed by atoms with van der Waals surface area (Å²) in [4.78, 5) is 33.0. The highest BCUT2D eigenvalue weighted by molar-refractivity contribution is 5.96. The van der Waals surface area contributed by atoms with Crippen LogP contribution in [0.2, 0.25) is 0 Å². The van der Waals surface area contributed by atoms with Crippen molar-refractivity contribution < 1.29 is 4.79 Å². The molecule has 6 heteroatoms. The minimum atomic E-state index is -0.252. The molecule has 110 valence electrons. The Hall–Kier alpha value is -2.89. The molecular formula is C16H14N4O2. The van der Waals surface area contributed by atoms with Gasteiger partial charge in [-0.1, -0.05) is 6.07 Å². The SMILES string of the molecule is O=C(Nc1ccc2[nH]c(=O)[nH]c2c1)C1CC1c1cccnc1. The summed E-state index contributed by atoms with van der Waals surface area (Å²) in [5.74, 6) is 0.251. The van der Waals surface area contributed by atoms with Crippen molar-refractivity contribution in [3.8, 4) is 0 Å². The van der Waals surface area contributed by atoms with E-state index in [1.807, 2.05) is 18.3 Å². The molecule has 6 nitrogen and oxygen atoms in total. The number of nitrogens with one attached hydrogen (secondary N) is 3. The van der Waals surface area contributed by atoms with Crippen LogP contribution in [0.5, 0.6) is 0 Å². The number of H-pyrrole nitrogens is 2. The quantitative estimate of drug-likeness (QED) is 0.690. The normalized spacial score (nSPS) is 20.0. The van der Waals surface area contributed by atoms with Crippen molar-refractivity contribution in [1.29, 1.82) is 0 Å². The van der Waals surface area contributed by atoms with E-state index in [1.54, 1.807) is 24.4 Å². The van der Waals surface area contributed by atoms with Gasteiger partial charge < -0.3 is 15.3 Å². The maximum atomic E-state index is 12.3. The zero-order chi connectivity index (χ0) is 15.1. The average Bonchev–Trinajstić information content (AvgIpc) is 3.24. The monoisotopic (exact) mass is 294 g/mol. The molecule has 0 aliphatic heterocycles. The molecule has 2 atom stereocenters. The zero-order valence-corrected chi connectivity index (χ0v) is 11.7. The lowest BCUT2D eigenvalue weighted by molar-refractivity contribution is -0.117. The first kappa shape index (κ1) is 12.8. The summed E-state index contributed by atoms with van der Waals surface area (Å²) in [6.45, 7) is 0. The van der Waals surface area contributed by atoms with Crippen molar-refractivity contribution >= 4 is 22.6 Å². The molecule has 22 heavy (non-hydrogen) atoms. The van der Waals surface area contributed by atoms with E-state index in [-0.39, 0.29) is 23.4 Å². The van der Waals surface area contributed by atoms with Gasteiger partial charge in [0.1, 0.15) is 0 Å². The van der Waals surface area contributed by atoms with E-state index in [4.69, 9.17) is 0 Å². The molecule has 1 aliphatic carbocycles. The summed E-state index contributed by atoms with van der Waals surface area (Å²) in [7, 11) is 0. The second-order valence-corrected chi connectivity index (χ2v) is 5.56. The van der Waals surface area contributed by atoms with Crippen LogP contribution in [0, 0.1) is 5.92 Å². The van der Waals surface area contributed by atoms with E-state index >= 15 is 0 Å². The predicted octanol–water partition coefficient (Wildman–Crippen LogP) is 1.99. The Morgan fingerprint density at radius 3 is 2.91 bits per heavy atom. The fourth-order valence-corrected chi connectivity index (χ4v) is 2.79. The summed E-state index contributed by atoms with van der Waals surface area (Å²) in [6, 6.07) is 9.20. The lowest BCUT2D eigenvalue weighted by atomic mass is 10.1. The Morgan fingerprint density at radius 2 is 2.09 bits per heavy atom. The minimum absolute atomic E-state index is 0.00563. The van der Waals surface area contributed by atoms with E-state index < -0.39 is 0 Å². The minimum Gasteiger partial charge on any atom is -0.326 e. The average molecular weight is 294 g/mol. The molecule has 3 N–H and O–H groups in total. The third-order valence-electron chi connectivity index (χ3n) is 4.02. The van der Waals surface area contributed by atoms with E-state index in [1.165, 1.54) is 0 Å². The van der Waals surface area contributed by atoms with Gasteiger partial charge in [-0.3, -0.25) is 9.78 Å². The van der Waals surface area contributed by atoms with E-state index in [0.717, 1.165) is 17.5 Å². The number of carbonyl (C=O) groups is 1. The summed E-state index contributed by atoms with van der Waals surface area (Å²) >= 11 is 0. The number of amides is 1. The van der Waals surface area contributed by atoms with Crippen LogP contribution in [0.3, 0.4) is 0 Å². The number of carbonyl (C=O) groups excluding carboxylic acids is 1. The fraction of sp³-hybridized carbons (Fsp3) is 0.188. The van der Waals surface area contributed by atoms with E-state index in [9.17, 15) is 9.59 Å². The largest absolute Gasteiger partial charge is 0.326 e. The van der Waals surface area contributed by atoms with Crippen molar-refractivity contribution in [3.05, 3.63) is 58.8 Å². The maximum absolute atomic E-state index is 12.3. The molecule has 0 radical (unpaired) electrons. The van der Waals surface area contributed by atoms with Gasteiger partial charge in [0, 0.05) is 24.0 Å². The Labute approximate surface area is 125 Å². The summed E-state index contributed by atoms with van der Waals surface area (Å²) in [5, 5.41) is 2.91. The molecule has 1 saturated carbocycles. The van der Waals surface area contributed by atoms with Gasteiger partial charge in [-0.25, -0.2) is 4.79 Å². The highest BCUT2D eigenvalue weighted by atomic mass is 16.2. The van der Waals surface area contributed by atoms with Gasteiger partial charge in [-0.05, 0) is 42.2 Å². The highest BCUT2D eigenvalue weighted by Crippen LogP contribution is 2.47. The molecule has 1 aromatic carbocycles. The van der Waals surface area contributed by atoms with Crippen LogP contribution in [-0.2, 0) is 4.79 Å². The first-order valence-electron chi connectivity index (χ1n) is 7.13. The smallest absolute Gasteiger partial charge is 0.323 e. The Kier molecular flexibility index (Phi) is 2.82. The second kappa shape index (κ2) is 4.84. The number of nitrogens with zero attached hydrogens (tertiary/aromatic N) is 1. The standard InChI is InChI=1S/C16H14N4O2/c21-15(12-7-11(12)9-2-1-5-17-8-9)18-10-3-4-13-14(6-10)20-16(22)19-13/h1-6,8,11-12H,7H2,(H,18,21)(H2,19,20,22). The van der Waals surface area contributed by atoms with Crippen molar-refractivity contribution in [2.75, 3.05) is 5.32 Å². The summed E-state index contributed by atoms with van der Waals surface area (Å²) < 4.78 is 0. The molecule has 0 bridgehead atoms. The number of hydrogen-bond donors (Lipinski definition) is 3. The van der Waals surface area contributed by atoms with Gasteiger partial charge in [0.25, 0.3) is 0 Å². The van der Waals surface area contributed by atoms with Crippen molar-refractivity contribution in [3.63, 3.8) is 0 Å². The van der Waals surface area contributed by atoms with Crippen LogP contribution in [0.15, 0.2) is 47.5 Å². The molecule has 2 aromatic heterocycles. The summed E-state index contributed by atoms with van der Waals surface area (Å²) in [5.41, 5.74) is 2.94. The number of aromatic amines is 2. The number of fused-ring (bicyclic) bond motifs is 1. The van der Waals surface area contributed by atoms with Crippen LogP contribution in [0.25, 0.3) is 11.0 Å². The second-order valence-electron chi connectivity index (χ2n) is 5.56. The highest BCUT2D eigenvalue weighted by Gasteiger charge is 2.44. The Morgan fingerprint density at radius 1 is 1.23 bits per heavy atom. The molecule has 0 saturated heterocycles. The molecule has 1 fully saturated rings. The van der Waals surface area contributed by atoms with Gasteiger partial charge in [0.2, 0.25) is 5.91 Å². The van der Waals surface area contributed by atoms with Crippen LogP contribution in [0.4, 0.5) is 5.69 Å². The first-order valence-corrected chi connectivity index (χ1v) is 7.13. The molecular weight excluding hydrogens is 280 g/mol. The molecule has 1 amide bonds. The molecule has 0 spiro atoms. The lowest BCUT2D eigenvalue weighted by Crippen LogP contribution is -2.14. The van der Waals surface area contributed by atoms with Crippen molar-refractivity contribution in [2.45, 2.75) is 12.3 Å². The van der Waals surface area contributed by atoms with E-state index in [2.05, 4.69) is 20.3 Å². The van der Waals surface area contributed by atoms with E-state index in [0.29, 0.717) is 11.2 Å². The van der Waals surface area contributed by atoms with Gasteiger partial charge in [-0.15, -0.1) is 0 Å². The van der Waals surface area contributed by atoms with Crippen LogP contribution in [-0.4, -0.2) is 20.9 Å². The van der Waals surface area contributed by atoms with Gasteiger partial charge >= 0.3 is 5.69 Å². The van der Waals surface area contributed by atoms with Crippen LogP contribution >= 0.6 is 0 Å². The van der Waals surface area contributed by atoms with Gasteiger partial charge in [-0.2, -0.15) is 0 Å². The number of anilines is 1. The fourth-order valence-electron chi connectivity index (χ4n) is 2.79. The number of imidazole rings is 1. The van der Waals surface area contributed by atoms with Crippen molar-refractivity contribution in [2.24, 2.45) is 5.92 Å². The molecule has 2 heterocycles. The molecule has 1 aliphatic rings. The zero-order valence-electron chi connectivity index (χ0n) is 11.7. The number of rotatable bonds is 3. The molecule has 2 unspecified atom stereocenters. The number of benzene rings is 1. The maximum Gasteiger partial charge on any atom is 0.323 e. The molecule has 4 rings (SSSR count). The third kappa shape index (κ3) is 2.28. The van der Waals surface area contributed by atoms with Gasteiger partial charge in [0.15, 0.2) is 0 Å². The Bertz CT molecular complexity index is 897. The first-order chi connectivity index (χ1) is 10.7. The van der Waals surface area contributed by atoms with Crippen molar-refractivity contribution in [1.82, 2.24) is 15.0 Å². The molecule has 3 aromatic rings. The number of pyridine rings is 1. The number of hydrogen-bond acceptors (Lipinski definition) is 3. The topological polar surface area (TPSA) is 90.6 Å². The third-order valence-corrected chi connectivity index (χ3v) is 4.02. The van der Waals surface area contributed by atoms with Crippen LogP contribution < -0.4 is 11.0 Å². The summed E-state index contributed by atoms with van der Waals surface area (Å²) in [6.07, 6.45) is 4.39.